The SMILES string of the molecule is C/C(C#Cc1ccc(C#C/C(C)=C\C=C/C#C[Si](C)(C)C)cc1)=C/C=C\C#C[Si](C)(C)C. The zero-order valence-electron chi connectivity index (χ0n) is 20.8. The first kappa shape index (κ1) is 26.9. The number of rotatable bonds is 2. The molecule has 1 aromatic carbocycles. The van der Waals surface area contributed by atoms with Gasteiger partial charge in [0.15, 0.2) is 0 Å². The Bertz CT molecular complexity index is 1050. The molecule has 32 heavy (non-hydrogen) atoms. The summed E-state index contributed by atoms with van der Waals surface area (Å²) in [5, 5.41) is 0. The molecular weight excluding hydrogens is 417 g/mol. The van der Waals surface area contributed by atoms with Crippen LogP contribution in [-0.2, 0) is 0 Å². The predicted octanol–water partition coefficient (Wildman–Crippen LogP) is 7.16. The van der Waals surface area contributed by atoms with Crippen molar-refractivity contribution in [3.8, 4) is 46.6 Å². The van der Waals surface area contributed by atoms with Gasteiger partial charge in [-0.2, -0.15) is 0 Å². The van der Waals surface area contributed by atoms with Crippen LogP contribution in [0.1, 0.15) is 25.0 Å². The summed E-state index contributed by atoms with van der Waals surface area (Å²) < 4.78 is 0. The molecule has 2 heteroatoms. The highest BCUT2D eigenvalue weighted by Crippen LogP contribution is 2.03. The molecule has 0 saturated carbocycles. The summed E-state index contributed by atoms with van der Waals surface area (Å²) in [4.78, 5) is 0. The minimum Gasteiger partial charge on any atom is -0.127 e. The Morgan fingerprint density at radius 3 is 1.28 bits per heavy atom. The van der Waals surface area contributed by atoms with Gasteiger partial charge in [-0.05, 0) is 61.4 Å². The third-order valence-corrected chi connectivity index (χ3v) is 5.43. The lowest BCUT2D eigenvalue weighted by Crippen LogP contribution is -2.16. The summed E-state index contributed by atoms with van der Waals surface area (Å²) in [5.41, 5.74) is 10.6. The van der Waals surface area contributed by atoms with Crippen molar-refractivity contribution in [1.29, 1.82) is 0 Å². The third kappa shape index (κ3) is 14.8. The van der Waals surface area contributed by atoms with E-state index in [9.17, 15) is 0 Å². The molecular formula is C30H34Si2. The Kier molecular flexibility index (Phi) is 11.2. The Labute approximate surface area is 198 Å². The molecule has 1 rings (SSSR count). The van der Waals surface area contributed by atoms with Gasteiger partial charge < -0.3 is 0 Å². The van der Waals surface area contributed by atoms with Crippen molar-refractivity contribution in [1.82, 2.24) is 0 Å². The van der Waals surface area contributed by atoms with E-state index in [1.165, 1.54) is 0 Å². The lowest BCUT2D eigenvalue weighted by atomic mass is 10.1. The van der Waals surface area contributed by atoms with E-state index in [0.29, 0.717) is 0 Å². The second kappa shape index (κ2) is 13.3. The molecule has 0 spiro atoms. The van der Waals surface area contributed by atoms with Crippen LogP contribution in [0.4, 0.5) is 0 Å². The molecule has 0 aliphatic rings. The molecule has 0 radical (unpaired) electrons. The first-order valence-electron chi connectivity index (χ1n) is 10.8. The lowest BCUT2D eigenvalue weighted by Gasteiger charge is -2.01. The van der Waals surface area contributed by atoms with Crippen molar-refractivity contribution in [2.24, 2.45) is 0 Å². The zero-order valence-corrected chi connectivity index (χ0v) is 22.8. The third-order valence-electron chi connectivity index (χ3n) is 3.64. The highest BCUT2D eigenvalue weighted by atomic mass is 28.3. The molecule has 0 heterocycles. The van der Waals surface area contributed by atoms with Gasteiger partial charge in [-0.3, -0.25) is 0 Å². The van der Waals surface area contributed by atoms with Crippen molar-refractivity contribution in [2.45, 2.75) is 53.1 Å². The van der Waals surface area contributed by atoms with E-state index in [0.717, 1.165) is 22.3 Å². The van der Waals surface area contributed by atoms with Crippen LogP contribution in [0.3, 0.4) is 0 Å². The summed E-state index contributed by atoms with van der Waals surface area (Å²) in [6.07, 6.45) is 11.7. The van der Waals surface area contributed by atoms with E-state index in [1.54, 1.807) is 0 Å². The Hall–Kier alpha value is -3.15. The maximum absolute atomic E-state index is 3.31. The average molecular weight is 451 g/mol. The summed E-state index contributed by atoms with van der Waals surface area (Å²) in [6, 6.07) is 8.02. The van der Waals surface area contributed by atoms with Crippen LogP contribution < -0.4 is 0 Å². The largest absolute Gasteiger partial charge is 0.129 e. The van der Waals surface area contributed by atoms with Gasteiger partial charge >= 0.3 is 0 Å². The van der Waals surface area contributed by atoms with E-state index < -0.39 is 16.1 Å². The molecule has 0 saturated heterocycles. The normalized spacial score (nSPS) is 12.1. The topological polar surface area (TPSA) is 0 Å². The van der Waals surface area contributed by atoms with Gasteiger partial charge in [0.05, 0.1) is 0 Å². The smallest absolute Gasteiger partial charge is 0.127 e. The lowest BCUT2D eigenvalue weighted by molar-refractivity contribution is 1.55. The molecule has 0 fully saturated rings. The monoisotopic (exact) mass is 450 g/mol. The van der Waals surface area contributed by atoms with Gasteiger partial charge in [-0.25, -0.2) is 0 Å². The molecule has 0 amide bonds. The van der Waals surface area contributed by atoms with Gasteiger partial charge in [-0.15, -0.1) is 11.1 Å². The first-order valence-corrected chi connectivity index (χ1v) is 17.8. The van der Waals surface area contributed by atoms with E-state index in [-0.39, 0.29) is 0 Å². The fraction of sp³-hybridized carbons (Fsp3) is 0.267. The maximum Gasteiger partial charge on any atom is 0.129 e. The Morgan fingerprint density at radius 1 is 0.625 bits per heavy atom. The summed E-state index contributed by atoms with van der Waals surface area (Å²) in [6.45, 7) is 17.4. The van der Waals surface area contributed by atoms with E-state index in [1.807, 2.05) is 74.6 Å². The molecule has 0 nitrogen and oxygen atoms in total. The van der Waals surface area contributed by atoms with Crippen LogP contribution in [-0.4, -0.2) is 16.1 Å². The summed E-state index contributed by atoms with van der Waals surface area (Å²) in [7, 11) is -2.61. The minimum absolute atomic E-state index is 0.974. The van der Waals surface area contributed by atoms with Crippen LogP contribution in [0, 0.1) is 46.6 Å². The molecule has 0 aromatic heterocycles. The van der Waals surface area contributed by atoms with Gasteiger partial charge in [0.25, 0.3) is 0 Å². The average Bonchev–Trinajstić information content (AvgIpc) is 2.69. The van der Waals surface area contributed by atoms with E-state index in [2.05, 4.69) is 85.9 Å². The molecule has 0 aliphatic heterocycles. The van der Waals surface area contributed by atoms with Gasteiger partial charge in [-0.1, -0.05) is 99.1 Å². The van der Waals surface area contributed by atoms with Crippen LogP contribution in [0.5, 0.6) is 0 Å². The minimum atomic E-state index is -1.31. The number of hydrogen-bond donors (Lipinski definition) is 0. The molecule has 0 N–H and O–H groups in total. The van der Waals surface area contributed by atoms with Crippen LogP contribution in [0.2, 0.25) is 39.3 Å². The highest BCUT2D eigenvalue weighted by molar-refractivity contribution is 6.84. The second-order valence-electron chi connectivity index (χ2n) is 9.53. The van der Waals surface area contributed by atoms with Crippen molar-refractivity contribution >= 4 is 16.1 Å². The predicted molar refractivity (Wildman–Crippen MR) is 148 cm³/mol. The second-order valence-corrected chi connectivity index (χ2v) is 19.0. The number of benzene rings is 1. The van der Waals surface area contributed by atoms with Crippen LogP contribution in [0.25, 0.3) is 0 Å². The van der Waals surface area contributed by atoms with Crippen molar-refractivity contribution < 1.29 is 0 Å². The molecule has 0 bridgehead atoms. The quantitative estimate of drug-likeness (QED) is 0.255. The number of allylic oxidation sites excluding steroid dienone is 8. The standard InChI is InChI=1S/C30H34Si2/c1-27(15-11-9-13-25-31(3,4)5)17-19-29-21-23-30(24-22-29)20-18-28(2)16-12-10-14-26-32(6,7)8/h9-12,15-16,21-24H,1-8H3/b11-9-,12-10-,27-15-,28-16-. The van der Waals surface area contributed by atoms with Gasteiger partial charge in [0.1, 0.15) is 16.1 Å². The van der Waals surface area contributed by atoms with Crippen molar-refractivity contribution in [3.63, 3.8) is 0 Å². The van der Waals surface area contributed by atoms with Crippen LogP contribution in [0.15, 0.2) is 71.9 Å². The van der Waals surface area contributed by atoms with Crippen LogP contribution >= 0.6 is 0 Å². The fourth-order valence-corrected chi connectivity index (χ4v) is 3.09. The number of hydrogen-bond acceptors (Lipinski definition) is 0. The van der Waals surface area contributed by atoms with E-state index in [4.69, 9.17) is 0 Å². The van der Waals surface area contributed by atoms with Gasteiger partial charge in [0, 0.05) is 11.1 Å². The summed E-state index contributed by atoms with van der Waals surface area (Å²) in [5.74, 6) is 19.0. The molecule has 1 aromatic rings. The first-order chi connectivity index (χ1) is 14.9. The summed E-state index contributed by atoms with van der Waals surface area (Å²) >= 11 is 0. The Morgan fingerprint density at radius 2 is 0.969 bits per heavy atom. The van der Waals surface area contributed by atoms with Crippen molar-refractivity contribution in [3.05, 3.63) is 83.0 Å². The van der Waals surface area contributed by atoms with Crippen molar-refractivity contribution in [2.75, 3.05) is 0 Å². The highest BCUT2D eigenvalue weighted by Gasteiger charge is 2.07. The fourth-order valence-electron chi connectivity index (χ4n) is 2.06. The zero-order chi connectivity index (χ0) is 24.0. The van der Waals surface area contributed by atoms with E-state index >= 15 is 0 Å². The molecule has 0 unspecified atom stereocenters. The molecule has 0 atom stereocenters. The Balaban J connectivity index is 2.71. The van der Waals surface area contributed by atoms with Gasteiger partial charge in [0.2, 0.25) is 0 Å². The molecule has 162 valence electrons. The maximum atomic E-state index is 3.31. The molecule has 0 aliphatic carbocycles.